The van der Waals surface area contributed by atoms with Crippen molar-refractivity contribution in [2.75, 3.05) is 5.32 Å². The molecule has 0 atom stereocenters. The SMILES string of the molecule is Cc1ccc2c(=O)n(CC(=O)Nc3c(C)cnn3C)nc(C(C)C)c2c1. The maximum absolute atomic E-state index is 12.8. The Bertz CT molecular complexity index is 1030. The monoisotopic (exact) mass is 353 g/mol. The normalized spacial score (nSPS) is 11.3. The van der Waals surface area contributed by atoms with Crippen molar-refractivity contribution >= 4 is 22.5 Å². The molecule has 136 valence electrons. The lowest BCUT2D eigenvalue weighted by atomic mass is 10.0. The van der Waals surface area contributed by atoms with Crippen molar-refractivity contribution in [3.05, 3.63) is 51.6 Å². The lowest BCUT2D eigenvalue weighted by Gasteiger charge is -2.14. The number of aryl methyl sites for hydroxylation is 3. The topological polar surface area (TPSA) is 81.8 Å². The van der Waals surface area contributed by atoms with Crippen molar-refractivity contribution in [3.8, 4) is 0 Å². The minimum absolute atomic E-state index is 0.133. The Labute approximate surface area is 151 Å². The summed E-state index contributed by atoms with van der Waals surface area (Å²) >= 11 is 0. The lowest BCUT2D eigenvalue weighted by Crippen LogP contribution is -2.31. The third-order valence-electron chi connectivity index (χ3n) is 4.36. The zero-order valence-corrected chi connectivity index (χ0v) is 15.7. The quantitative estimate of drug-likeness (QED) is 0.781. The molecule has 7 nitrogen and oxygen atoms in total. The van der Waals surface area contributed by atoms with Gasteiger partial charge in [-0.1, -0.05) is 25.5 Å². The number of nitrogens with one attached hydrogen (secondary N) is 1. The molecule has 0 radical (unpaired) electrons. The maximum atomic E-state index is 12.8. The molecule has 0 aliphatic rings. The molecular weight excluding hydrogens is 330 g/mol. The molecule has 3 aromatic rings. The van der Waals surface area contributed by atoms with E-state index in [1.807, 2.05) is 39.8 Å². The van der Waals surface area contributed by atoms with Gasteiger partial charge in [-0.2, -0.15) is 10.2 Å². The summed E-state index contributed by atoms with van der Waals surface area (Å²) in [5, 5.41) is 12.8. The van der Waals surface area contributed by atoms with Gasteiger partial charge in [-0.25, -0.2) is 4.68 Å². The number of fused-ring (bicyclic) bond motifs is 1. The predicted molar refractivity (Wildman–Crippen MR) is 101 cm³/mol. The van der Waals surface area contributed by atoms with Crippen LogP contribution < -0.4 is 10.9 Å². The predicted octanol–water partition coefficient (Wildman–Crippen LogP) is 2.51. The largest absolute Gasteiger partial charge is 0.309 e. The van der Waals surface area contributed by atoms with Gasteiger partial charge in [0, 0.05) is 18.0 Å². The van der Waals surface area contributed by atoms with Crippen LogP contribution in [0, 0.1) is 13.8 Å². The Morgan fingerprint density at radius 1 is 1.23 bits per heavy atom. The fourth-order valence-corrected chi connectivity index (χ4v) is 2.99. The Kier molecular flexibility index (Phi) is 4.63. The smallest absolute Gasteiger partial charge is 0.275 e. The van der Waals surface area contributed by atoms with Gasteiger partial charge >= 0.3 is 0 Å². The average molecular weight is 353 g/mol. The van der Waals surface area contributed by atoms with Crippen LogP contribution in [0.25, 0.3) is 10.8 Å². The summed E-state index contributed by atoms with van der Waals surface area (Å²) in [4.78, 5) is 25.2. The summed E-state index contributed by atoms with van der Waals surface area (Å²) < 4.78 is 2.83. The Balaban J connectivity index is 2.00. The number of carbonyl (C=O) groups is 1. The van der Waals surface area contributed by atoms with E-state index in [-0.39, 0.29) is 23.9 Å². The molecule has 2 aromatic heterocycles. The second-order valence-corrected chi connectivity index (χ2v) is 6.90. The van der Waals surface area contributed by atoms with Gasteiger partial charge in [0.05, 0.1) is 17.3 Å². The summed E-state index contributed by atoms with van der Waals surface area (Å²) in [5.74, 6) is 0.435. The fourth-order valence-electron chi connectivity index (χ4n) is 2.99. The number of rotatable bonds is 4. The van der Waals surface area contributed by atoms with E-state index in [1.165, 1.54) is 4.68 Å². The van der Waals surface area contributed by atoms with E-state index in [4.69, 9.17) is 0 Å². The lowest BCUT2D eigenvalue weighted by molar-refractivity contribution is -0.117. The van der Waals surface area contributed by atoms with E-state index in [1.54, 1.807) is 24.0 Å². The molecule has 3 rings (SSSR count). The molecule has 1 aromatic carbocycles. The number of hydrogen-bond acceptors (Lipinski definition) is 4. The van der Waals surface area contributed by atoms with Crippen LogP contribution in [0.4, 0.5) is 5.82 Å². The number of hydrogen-bond donors (Lipinski definition) is 1. The zero-order valence-electron chi connectivity index (χ0n) is 15.7. The molecule has 1 amide bonds. The van der Waals surface area contributed by atoms with Crippen molar-refractivity contribution in [3.63, 3.8) is 0 Å². The van der Waals surface area contributed by atoms with Gasteiger partial charge < -0.3 is 5.32 Å². The van der Waals surface area contributed by atoms with Crippen molar-refractivity contribution in [1.29, 1.82) is 0 Å². The molecule has 7 heteroatoms. The van der Waals surface area contributed by atoms with Gasteiger partial charge in [-0.3, -0.25) is 14.3 Å². The number of benzene rings is 1. The van der Waals surface area contributed by atoms with Gasteiger partial charge in [-0.15, -0.1) is 0 Å². The van der Waals surface area contributed by atoms with Crippen LogP contribution in [0.5, 0.6) is 0 Å². The van der Waals surface area contributed by atoms with Gasteiger partial charge in [0.15, 0.2) is 0 Å². The third kappa shape index (κ3) is 3.24. The summed E-state index contributed by atoms with van der Waals surface area (Å²) in [6, 6.07) is 5.68. The Morgan fingerprint density at radius 3 is 2.58 bits per heavy atom. The van der Waals surface area contributed by atoms with E-state index < -0.39 is 0 Å². The summed E-state index contributed by atoms with van der Waals surface area (Å²) in [7, 11) is 1.75. The molecular formula is C19H23N5O2. The van der Waals surface area contributed by atoms with Crippen LogP contribution in [0.1, 0.15) is 36.6 Å². The first-order chi connectivity index (χ1) is 12.3. The molecule has 0 aliphatic heterocycles. The first-order valence-corrected chi connectivity index (χ1v) is 8.57. The van der Waals surface area contributed by atoms with Crippen LogP contribution in [0.3, 0.4) is 0 Å². The van der Waals surface area contributed by atoms with Crippen LogP contribution >= 0.6 is 0 Å². The van der Waals surface area contributed by atoms with Gasteiger partial charge in [0.25, 0.3) is 5.56 Å². The number of carbonyl (C=O) groups excluding carboxylic acids is 1. The fraction of sp³-hybridized carbons (Fsp3) is 0.368. The number of nitrogens with zero attached hydrogens (tertiary/aromatic N) is 4. The van der Waals surface area contributed by atoms with E-state index in [9.17, 15) is 9.59 Å². The van der Waals surface area contributed by atoms with Gasteiger partial charge in [-0.05, 0) is 31.9 Å². The summed E-state index contributed by atoms with van der Waals surface area (Å²) in [6.07, 6.45) is 1.68. The van der Waals surface area contributed by atoms with Gasteiger partial charge in [0.1, 0.15) is 12.4 Å². The first-order valence-electron chi connectivity index (χ1n) is 8.57. The standard InChI is InChI=1S/C19H23N5O2/c1-11(2)17-15-8-12(3)6-7-14(15)19(26)24(22-17)10-16(25)21-18-13(4)9-20-23(18)5/h6-9,11H,10H2,1-5H3,(H,21,25). The second kappa shape index (κ2) is 6.74. The van der Waals surface area contributed by atoms with Crippen LogP contribution in [-0.4, -0.2) is 25.5 Å². The molecule has 0 aliphatic carbocycles. The molecule has 0 unspecified atom stereocenters. The summed E-state index contributed by atoms with van der Waals surface area (Å²) in [5.41, 5.74) is 2.48. The van der Waals surface area contributed by atoms with Crippen molar-refractivity contribution in [2.45, 2.75) is 40.2 Å². The van der Waals surface area contributed by atoms with Crippen LogP contribution in [0.2, 0.25) is 0 Å². The minimum atomic E-state index is -0.313. The highest BCUT2D eigenvalue weighted by Crippen LogP contribution is 2.22. The van der Waals surface area contributed by atoms with Gasteiger partial charge in [0.2, 0.25) is 5.91 Å². The van der Waals surface area contributed by atoms with Crippen molar-refractivity contribution in [1.82, 2.24) is 19.6 Å². The molecule has 0 spiro atoms. The highest BCUT2D eigenvalue weighted by molar-refractivity contribution is 5.90. The highest BCUT2D eigenvalue weighted by Gasteiger charge is 2.16. The molecule has 0 saturated heterocycles. The third-order valence-corrected chi connectivity index (χ3v) is 4.36. The molecule has 0 saturated carbocycles. The zero-order chi connectivity index (χ0) is 19.0. The minimum Gasteiger partial charge on any atom is -0.309 e. The molecule has 0 bridgehead atoms. The Morgan fingerprint density at radius 2 is 1.96 bits per heavy atom. The van der Waals surface area contributed by atoms with Crippen LogP contribution in [0.15, 0.2) is 29.2 Å². The van der Waals surface area contributed by atoms with Crippen LogP contribution in [-0.2, 0) is 18.4 Å². The molecule has 26 heavy (non-hydrogen) atoms. The number of anilines is 1. The number of amides is 1. The Hall–Kier alpha value is -2.96. The molecule has 2 heterocycles. The second-order valence-electron chi connectivity index (χ2n) is 6.90. The van der Waals surface area contributed by atoms with Crippen molar-refractivity contribution in [2.24, 2.45) is 7.05 Å². The maximum Gasteiger partial charge on any atom is 0.275 e. The van der Waals surface area contributed by atoms with E-state index in [0.29, 0.717) is 11.2 Å². The molecule has 1 N–H and O–H groups in total. The summed E-state index contributed by atoms with van der Waals surface area (Å²) in [6.45, 7) is 7.75. The highest BCUT2D eigenvalue weighted by atomic mass is 16.2. The van der Waals surface area contributed by atoms with Crippen molar-refractivity contribution < 1.29 is 4.79 Å². The van der Waals surface area contributed by atoms with E-state index >= 15 is 0 Å². The first kappa shape index (κ1) is 17.8. The average Bonchev–Trinajstić information content (AvgIpc) is 2.89. The van der Waals surface area contributed by atoms with E-state index in [0.717, 1.165) is 22.2 Å². The van der Waals surface area contributed by atoms with E-state index in [2.05, 4.69) is 15.5 Å². The number of aromatic nitrogens is 4. The molecule has 0 fully saturated rings.